The van der Waals surface area contributed by atoms with Gasteiger partial charge in [0.2, 0.25) is 11.0 Å². The highest BCUT2D eigenvalue weighted by molar-refractivity contribution is 7.09. The molecule has 0 radical (unpaired) electrons. The van der Waals surface area contributed by atoms with Crippen LogP contribution in [0.3, 0.4) is 0 Å². The molecule has 1 aromatic rings. The van der Waals surface area contributed by atoms with Crippen molar-refractivity contribution in [3.63, 3.8) is 0 Å². The summed E-state index contributed by atoms with van der Waals surface area (Å²) in [6, 6.07) is 0.207. The van der Waals surface area contributed by atoms with Crippen LogP contribution < -0.4 is 5.32 Å². The molecule has 1 fully saturated rings. The predicted octanol–water partition coefficient (Wildman–Crippen LogP) is 3.40. The van der Waals surface area contributed by atoms with Crippen LogP contribution in [0.15, 0.2) is 0 Å². The third-order valence-corrected chi connectivity index (χ3v) is 4.10. The van der Waals surface area contributed by atoms with Crippen molar-refractivity contribution in [2.24, 2.45) is 11.8 Å². The average Bonchev–Trinajstić information content (AvgIpc) is 2.80. The van der Waals surface area contributed by atoms with Crippen molar-refractivity contribution in [1.29, 1.82) is 0 Å². The fraction of sp³-hybridized carbons (Fsp3) is 0.800. The van der Waals surface area contributed by atoms with Gasteiger partial charge in [-0.3, -0.25) is 0 Å². The molecule has 1 saturated carbocycles. The normalized spacial score (nSPS) is 29.6. The van der Waals surface area contributed by atoms with E-state index in [0.29, 0.717) is 11.8 Å². The number of hydrogen-bond donors (Lipinski definition) is 1. The molecule has 0 bridgehead atoms. The maximum absolute atomic E-state index is 12.3. The van der Waals surface area contributed by atoms with E-state index in [1.165, 1.54) is 0 Å². The van der Waals surface area contributed by atoms with E-state index in [2.05, 4.69) is 28.5 Å². The van der Waals surface area contributed by atoms with Gasteiger partial charge < -0.3 is 5.32 Å². The van der Waals surface area contributed by atoms with Crippen molar-refractivity contribution in [3.8, 4) is 0 Å². The second-order valence-electron chi connectivity index (χ2n) is 4.59. The Morgan fingerprint density at radius 1 is 1.29 bits per heavy atom. The Morgan fingerprint density at radius 3 is 2.47 bits per heavy atom. The maximum Gasteiger partial charge on any atom is 0.452 e. The van der Waals surface area contributed by atoms with Crippen molar-refractivity contribution >= 4 is 16.7 Å². The zero-order valence-electron chi connectivity index (χ0n) is 9.58. The highest BCUT2D eigenvalue weighted by Gasteiger charge is 2.37. The monoisotopic (exact) mass is 265 g/mol. The molecular weight excluding hydrogens is 251 g/mol. The van der Waals surface area contributed by atoms with Crippen LogP contribution in [-0.2, 0) is 6.18 Å². The number of halogens is 3. The second kappa shape index (κ2) is 4.44. The highest BCUT2D eigenvalue weighted by atomic mass is 32.1. The molecule has 0 spiro atoms. The number of hydrogen-bond acceptors (Lipinski definition) is 4. The summed E-state index contributed by atoms with van der Waals surface area (Å²) in [7, 11) is 0. The SMILES string of the molecule is CC1CCC(Nc2nc(C(F)(F)F)ns2)C1C. The summed E-state index contributed by atoms with van der Waals surface area (Å²) >= 11 is 0.774. The van der Waals surface area contributed by atoms with Crippen LogP contribution in [0.25, 0.3) is 0 Å². The lowest BCUT2D eigenvalue weighted by Crippen LogP contribution is -2.24. The fourth-order valence-electron chi connectivity index (χ4n) is 2.12. The minimum absolute atomic E-state index is 0.207. The largest absolute Gasteiger partial charge is 0.452 e. The Balaban J connectivity index is 2.03. The third-order valence-electron chi connectivity index (χ3n) is 3.45. The summed E-state index contributed by atoms with van der Waals surface area (Å²) in [6.45, 7) is 4.27. The molecule has 3 unspecified atom stereocenters. The maximum atomic E-state index is 12.3. The topological polar surface area (TPSA) is 37.8 Å². The van der Waals surface area contributed by atoms with E-state index >= 15 is 0 Å². The number of nitrogens with one attached hydrogen (secondary N) is 1. The number of aromatic nitrogens is 2. The summed E-state index contributed by atoms with van der Waals surface area (Å²) in [6.07, 6.45) is -2.38. The molecule has 1 aliphatic carbocycles. The van der Waals surface area contributed by atoms with Gasteiger partial charge in [-0.15, -0.1) is 0 Å². The molecule has 0 amide bonds. The minimum atomic E-state index is -4.45. The van der Waals surface area contributed by atoms with Crippen LogP contribution in [0.4, 0.5) is 18.3 Å². The minimum Gasteiger partial charge on any atom is -0.357 e. The van der Waals surface area contributed by atoms with E-state index in [-0.39, 0.29) is 11.2 Å². The van der Waals surface area contributed by atoms with E-state index in [0.717, 1.165) is 24.4 Å². The molecule has 1 aromatic heterocycles. The molecule has 1 aliphatic rings. The molecular formula is C10H14F3N3S. The number of rotatable bonds is 2. The van der Waals surface area contributed by atoms with Crippen molar-refractivity contribution in [2.45, 2.75) is 38.9 Å². The first-order chi connectivity index (χ1) is 7.88. The average molecular weight is 265 g/mol. The Morgan fingerprint density at radius 2 is 2.00 bits per heavy atom. The van der Waals surface area contributed by atoms with E-state index in [4.69, 9.17) is 0 Å². The van der Waals surface area contributed by atoms with E-state index in [9.17, 15) is 13.2 Å². The number of nitrogens with zero attached hydrogens (tertiary/aromatic N) is 2. The van der Waals surface area contributed by atoms with Gasteiger partial charge in [-0.25, -0.2) is 0 Å². The Hall–Kier alpha value is -0.850. The van der Waals surface area contributed by atoms with Gasteiger partial charge >= 0.3 is 6.18 Å². The first-order valence-electron chi connectivity index (χ1n) is 5.55. The molecule has 1 heterocycles. The molecule has 3 atom stereocenters. The molecule has 0 aliphatic heterocycles. The molecule has 17 heavy (non-hydrogen) atoms. The van der Waals surface area contributed by atoms with Gasteiger partial charge in [0, 0.05) is 17.6 Å². The summed E-state index contributed by atoms with van der Waals surface area (Å²) in [5.74, 6) is -0.000516. The van der Waals surface area contributed by atoms with Crippen molar-refractivity contribution < 1.29 is 13.2 Å². The predicted molar refractivity (Wildman–Crippen MR) is 59.9 cm³/mol. The summed E-state index contributed by atoms with van der Waals surface area (Å²) < 4.78 is 40.2. The summed E-state index contributed by atoms with van der Waals surface area (Å²) in [5, 5.41) is 3.33. The van der Waals surface area contributed by atoms with Crippen molar-refractivity contribution in [3.05, 3.63) is 5.82 Å². The van der Waals surface area contributed by atoms with Crippen molar-refractivity contribution in [2.75, 3.05) is 5.32 Å². The lowest BCUT2D eigenvalue weighted by Gasteiger charge is -2.18. The Kier molecular flexibility index (Phi) is 3.29. The molecule has 0 saturated heterocycles. The van der Waals surface area contributed by atoms with Gasteiger partial charge in [0.25, 0.3) is 0 Å². The highest BCUT2D eigenvalue weighted by Crippen LogP contribution is 2.34. The van der Waals surface area contributed by atoms with Crippen LogP contribution >= 0.6 is 11.5 Å². The van der Waals surface area contributed by atoms with Crippen LogP contribution in [0.1, 0.15) is 32.5 Å². The van der Waals surface area contributed by atoms with E-state index in [1.54, 1.807) is 0 Å². The third kappa shape index (κ3) is 2.70. The molecule has 2 rings (SSSR count). The lowest BCUT2D eigenvalue weighted by molar-refractivity contribution is -0.144. The van der Waals surface area contributed by atoms with Crippen LogP contribution in [0, 0.1) is 11.8 Å². The molecule has 1 N–H and O–H groups in total. The van der Waals surface area contributed by atoms with Gasteiger partial charge in [0.15, 0.2) is 0 Å². The van der Waals surface area contributed by atoms with Gasteiger partial charge in [-0.1, -0.05) is 13.8 Å². The Bertz CT molecular complexity index is 390. The van der Waals surface area contributed by atoms with Crippen LogP contribution in [-0.4, -0.2) is 15.4 Å². The number of anilines is 1. The zero-order valence-corrected chi connectivity index (χ0v) is 10.4. The quantitative estimate of drug-likeness (QED) is 0.890. The first-order valence-corrected chi connectivity index (χ1v) is 6.32. The van der Waals surface area contributed by atoms with Gasteiger partial charge in [-0.2, -0.15) is 22.5 Å². The molecule has 96 valence electrons. The molecule has 0 aromatic carbocycles. The summed E-state index contributed by atoms with van der Waals surface area (Å²) in [4.78, 5) is 3.48. The Labute approximate surface area is 102 Å². The van der Waals surface area contributed by atoms with Crippen LogP contribution in [0.2, 0.25) is 0 Å². The fourth-order valence-corrected chi connectivity index (χ4v) is 2.77. The second-order valence-corrected chi connectivity index (χ2v) is 5.34. The number of alkyl halides is 3. The van der Waals surface area contributed by atoms with Crippen LogP contribution in [0.5, 0.6) is 0 Å². The standard InChI is InChI=1S/C10H14F3N3S/c1-5-3-4-7(6(5)2)14-9-15-8(16-17-9)10(11,12)13/h5-7H,3-4H2,1-2H3,(H,14,15,16). The first kappa shape index (κ1) is 12.6. The zero-order chi connectivity index (χ0) is 12.6. The molecule has 3 nitrogen and oxygen atoms in total. The summed E-state index contributed by atoms with van der Waals surface area (Å²) in [5.41, 5.74) is 0. The van der Waals surface area contributed by atoms with E-state index in [1.807, 2.05) is 0 Å². The van der Waals surface area contributed by atoms with Gasteiger partial charge in [0.05, 0.1) is 0 Å². The van der Waals surface area contributed by atoms with Gasteiger partial charge in [0.1, 0.15) is 0 Å². The van der Waals surface area contributed by atoms with Crippen molar-refractivity contribution in [1.82, 2.24) is 9.36 Å². The van der Waals surface area contributed by atoms with Gasteiger partial charge in [-0.05, 0) is 24.7 Å². The molecule has 7 heteroatoms. The smallest absolute Gasteiger partial charge is 0.357 e. The van der Waals surface area contributed by atoms with E-state index < -0.39 is 12.0 Å². The lowest BCUT2D eigenvalue weighted by atomic mass is 9.98.